The van der Waals surface area contributed by atoms with E-state index in [0.29, 0.717) is 32.7 Å². The first-order valence-electron chi connectivity index (χ1n) is 12.4. The molecule has 10 heteroatoms. The standard InChI is InChI=1S/C10H20O3.C10H18O.C5H11NO2.B2.B/c1-8(2)5-4-6-9(3,12)10(8,13)7-11;1-8-5-4-6-10(2,3)9(8)7-11;1-6(7)2-4-8-5-3-6;1-2;/h11-13H,4-7H2,1-3H3;11H,4-7H2,1-3H3;2-5H2,1H3;;. The summed E-state index contributed by atoms with van der Waals surface area (Å²) in [5, 5.41) is 49.6. The van der Waals surface area contributed by atoms with E-state index in [1.165, 1.54) is 30.4 Å². The van der Waals surface area contributed by atoms with Crippen molar-refractivity contribution >= 4 is 23.9 Å². The third kappa shape index (κ3) is 10.1. The van der Waals surface area contributed by atoms with Crippen LogP contribution in [0.15, 0.2) is 11.1 Å². The fourth-order valence-electron chi connectivity index (χ4n) is 5.15. The molecule has 2 unspecified atom stereocenters. The number of nitrogens with zero attached hydrogens (tertiary/aromatic N) is 1. The number of rotatable bonds is 2. The van der Waals surface area contributed by atoms with E-state index in [2.05, 4.69) is 36.2 Å². The highest BCUT2D eigenvalue weighted by Crippen LogP contribution is 2.48. The van der Waals surface area contributed by atoms with Crippen molar-refractivity contribution in [3.63, 3.8) is 0 Å². The lowest BCUT2D eigenvalue weighted by Gasteiger charge is -2.54. The van der Waals surface area contributed by atoms with Crippen LogP contribution in [0.2, 0.25) is 0 Å². The minimum Gasteiger partial charge on any atom is -0.633 e. The lowest BCUT2D eigenvalue weighted by molar-refractivity contribution is -0.869. The molecule has 35 heavy (non-hydrogen) atoms. The zero-order chi connectivity index (χ0) is 26.8. The summed E-state index contributed by atoms with van der Waals surface area (Å²) in [6.45, 7) is 14.3. The topological polar surface area (TPSA) is 113 Å². The normalized spacial score (nSPS) is 30.6. The Morgan fingerprint density at radius 3 is 1.74 bits per heavy atom. The first-order valence-corrected chi connectivity index (χ1v) is 12.4. The van der Waals surface area contributed by atoms with Gasteiger partial charge in [0, 0.05) is 23.9 Å². The first-order chi connectivity index (χ1) is 15.6. The van der Waals surface area contributed by atoms with Crippen molar-refractivity contribution in [1.82, 2.24) is 0 Å². The molecule has 0 aromatic rings. The average molecular weight is 492 g/mol. The van der Waals surface area contributed by atoms with E-state index in [1.54, 1.807) is 14.0 Å². The summed E-state index contributed by atoms with van der Waals surface area (Å²) in [5.74, 6) is 0. The van der Waals surface area contributed by atoms with E-state index in [-0.39, 0.29) is 31.7 Å². The van der Waals surface area contributed by atoms with E-state index >= 15 is 0 Å². The maximum atomic E-state index is 11.0. The molecule has 199 valence electrons. The van der Waals surface area contributed by atoms with E-state index in [1.807, 2.05) is 13.8 Å². The molecule has 3 aliphatic rings. The highest BCUT2D eigenvalue weighted by atomic mass is 16.6. The van der Waals surface area contributed by atoms with Gasteiger partial charge in [0.05, 0.1) is 39.1 Å². The van der Waals surface area contributed by atoms with Crippen molar-refractivity contribution in [1.29, 1.82) is 0 Å². The number of quaternary nitrogens is 1. The average Bonchev–Trinajstić information content (AvgIpc) is 2.73. The van der Waals surface area contributed by atoms with Crippen LogP contribution in [0.4, 0.5) is 0 Å². The van der Waals surface area contributed by atoms with Crippen molar-refractivity contribution in [2.45, 2.75) is 91.3 Å². The van der Waals surface area contributed by atoms with E-state index < -0.39 is 16.6 Å². The molecule has 1 heterocycles. The van der Waals surface area contributed by atoms with Gasteiger partial charge in [0.15, 0.2) is 0 Å². The van der Waals surface area contributed by atoms with Crippen LogP contribution in [-0.2, 0) is 4.74 Å². The number of ether oxygens (including phenoxy) is 1. The molecule has 0 aromatic carbocycles. The first kappa shape index (κ1) is 36.8. The predicted octanol–water partition coefficient (Wildman–Crippen LogP) is 1.99. The zero-order valence-electron chi connectivity index (χ0n) is 23.3. The van der Waals surface area contributed by atoms with Gasteiger partial charge in [-0.05, 0) is 68.8 Å². The van der Waals surface area contributed by atoms with Gasteiger partial charge in [-0.2, -0.15) is 0 Å². The quantitative estimate of drug-likeness (QED) is 0.203. The van der Waals surface area contributed by atoms with Crippen LogP contribution in [0.25, 0.3) is 0 Å². The summed E-state index contributed by atoms with van der Waals surface area (Å²) in [6.07, 6.45) is 5.96. The van der Waals surface area contributed by atoms with Gasteiger partial charge < -0.3 is 35.0 Å². The summed E-state index contributed by atoms with van der Waals surface area (Å²) in [6, 6.07) is 0. The number of likely N-dealkylation sites (N-methyl/N-ethyl adjacent to an activating group) is 1. The van der Waals surface area contributed by atoms with Gasteiger partial charge >= 0.3 is 0 Å². The Hall–Kier alpha value is -0.345. The molecule has 2 atom stereocenters. The Morgan fingerprint density at radius 1 is 0.943 bits per heavy atom. The van der Waals surface area contributed by atoms with Crippen LogP contribution in [0.3, 0.4) is 0 Å². The lowest BCUT2D eigenvalue weighted by atomic mass is 9.59. The van der Waals surface area contributed by atoms with Crippen LogP contribution in [0.5, 0.6) is 0 Å². The van der Waals surface area contributed by atoms with Gasteiger partial charge in [-0.25, -0.2) is 0 Å². The molecule has 0 spiro atoms. The van der Waals surface area contributed by atoms with E-state index in [9.17, 15) is 20.5 Å². The number of hydroxylamine groups is 3. The van der Waals surface area contributed by atoms with Crippen LogP contribution < -0.4 is 0 Å². The molecule has 0 amide bonds. The van der Waals surface area contributed by atoms with Crippen LogP contribution in [0.1, 0.15) is 80.1 Å². The fraction of sp³-hybridized carbons (Fsp3) is 0.920. The number of morpholine rings is 1. The minimum absolute atomic E-state index is 0. The van der Waals surface area contributed by atoms with Gasteiger partial charge in [0.2, 0.25) is 0 Å². The third-order valence-electron chi connectivity index (χ3n) is 7.97. The third-order valence-corrected chi connectivity index (χ3v) is 7.97. The molecule has 1 saturated heterocycles. The summed E-state index contributed by atoms with van der Waals surface area (Å²) in [7, 11) is 9.68. The van der Waals surface area contributed by atoms with Crippen molar-refractivity contribution in [2.75, 3.05) is 46.6 Å². The Balaban J connectivity index is 0. The Labute approximate surface area is 218 Å². The Kier molecular flexibility index (Phi) is 15.9. The molecule has 7 nitrogen and oxygen atoms in total. The molecular weight excluding hydrogens is 443 g/mol. The second-order valence-corrected chi connectivity index (χ2v) is 11.5. The second kappa shape index (κ2) is 15.2. The monoisotopic (exact) mass is 492 g/mol. The van der Waals surface area contributed by atoms with Gasteiger partial charge in [0.1, 0.15) is 18.7 Å². The summed E-state index contributed by atoms with van der Waals surface area (Å²) < 4.78 is 4.86. The minimum atomic E-state index is -1.38. The molecule has 4 N–H and O–H groups in total. The summed E-state index contributed by atoms with van der Waals surface area (Å²) >= 11 is 0. The van der Waals surface area contributed by atoms with Crippen LogP contribution in [-0.4, -0.2) is 107 Å². The zero-order valence-corrected chi connectivity index (χ0v) is 23.3. The Bertz CT molecular complexity index is 615. The maximum absolute atomic E-state index is 11.0. The molecule has 0 aromatic heterocycles. The number of hydrogen-bond donors (Lipinski definition) is 4. The second-order valence-electron chi connectivity index (χ2n) is 11.5. The summed E-state index contributed by atoms with van der Waals surface area (Å²) in [5.41, 5.74) is -0.0602. The summed E-state index contributed by atoms with van der Waals surface area (Å²) in [4.78, 5) is 0. The van der Waals surface area contributed by atoms with Crippen molar-refractivity contribution in [3.8, 4) is 0 Å². The number of aliphatic hydroxyl groups is 4. The van der Waals surface area contributed by atoms with Crippen LogP contribution in [0, 0.1) is 16.0 Å². The largest absolute Gasteiger partial charge is 0.633 e. The van der Waals surface area contributed by atoms with Gasteiger partial charge in [-0.15, -0.1) is 0 Å². The van der Waals surface area contributed by atoms with Crippen molar-refractivity contribution < 1.29 is 29.8 Å². The molecular formula is C25H49B3NO6. The van der Waals surface area contributed by atoms with Gasteiger partial charge in [-0.3, -0.25) is 0 Å². The van der Waals surface area contributed by atoms with Gasteiger partial charge in [-0.1, -0.05) is 33.3 Å². The van der Waals surface area contributed by atoms with E-state index in [4.69, 9.17) is 9.84 Å². The molecule has 7 radical (unpaired) electrons. The molecule has 2 aliphatic carbocycles. The molecule has 3 rings (SSSR count). The van der Waals surface area contributed by atoms with Crippen molar-refractivity contribution in [3.05, 3.63) is 16.4 Å². The highest BCUT2D eigenvalue weighted by Gasteiger charge is 2.57. The highest BCUT2D eigenvalue weighted by molar-refractivity contribution is 6.75. The number of aliphatic hydroxyl groups excluding tert-OH is 2. The fourth-order valence-corrected chi connectivity index (χ4v) is 5.15. The Morgan fingerprint density at radius 2 is 1.46 bits per heavy atom. The molecule has 0 bridgehead atoms. The van der Waals surface area contributed by atoms with Gasteiger partial charge in [0.25, 0.3) is 0 Å². The number of hydrogen-bond acceptors (Lipinski definition) is 6. The maximum Gasteiger partial charge on any atom is 0.121 e. The molecule has 1 saturated carbocycles. The molecule has 1 aliphatic heterocycles. The molecule has 2 fully saturated rings. The smallest absolute Gasteiger partial charge is 0.121 e. The van der Waals surface area contributed by atoms with E-state index in [0.717, 1.165) is 12.8 Å². The predicted molar refractivity (Wildman–Crippen MR) is 145 cm³/mol. The lowest BCUT2D eigenvalue weighted by Crippen LogP contribution is -2.65. The van der Waals surface area contributed by atoms with Crippen molar-refractivity contribution in [2.24, 2.45) is 10.8 Å². The number of allylic oxidation sites excluding steroid dienone is 1. The SMILES string of the molecule is CC1(C)CCCC(C)(O)C1(O)CO.CC1=C(CO)C(C)(C)CCC1.C[N+]1([O-])CCOCC1.[B].[B][B]. The van der Waals surface area contributed by atoms with Crippen LogP contribution >= 0.6 is 0 Å².